The minimum absolute atomic E-state index is 0.246. The van der Waals surface area contributed by atoms with E-state index in [0.717, 1.165) is 17.1 Å². The summed E-state index contributed by atoms with van der Waals surface area (Å²) in [6.45, 7) is 3.33. The average Bonchev–Trinajstić information content (AvgIpc) is 3.15. The third-order valence-electron chi connectivity index (χ3n) is 3.10. The molecule has 0 amide bonds. The van der Waals surface area contributed by atoms with Gasteiger partial charge in [-0.15, -0.1) is 21.5 Å². The Morgan fingerprint density at radius 2 is 2.14 bits per heavy atom. The second-order valence-electron chi connectivity index (χ2n) is 4.51. The first kappa shape index (κ1) is 13.6. The molecule has 0 radical (unpaired) electrons. The van der Waals surface area contributed by atoms with E-state index in [1.807, 2.05) is 36.6 Å². The smallest absolute Gasteiger partial charge is 0.257 e. The van der Waals surface area contributed by atoms with Crippen molar-refractivity contribution in [2.24, 2.45) is 0 Å². The van der Waals surface area contributed by atoms with Crippen LogP contribution in [0.25, 0.3) is 10.8 Å². The average molecular weight is 301 g/mol. The van der Waals surface area contributed by atoms with E-state index >= 15 is 0 Å². The fourth-order valence-corrected chi connectivity index (χ4v) is 2.70. The van der Waals surface area contributed by atoms with Crippen LogP contribution in [0.15, 0.2) is 46.2 Å². The molecule has 108 valence electrons. The SMILES string of the molecule is CCN(Cc1nnc(-c2cccs2)o1)c1cccc(O)c1. The summed E-state index contributed by atoms with van der Waals surface area (Å²) >= 11 is 1.57. The van der Waals surface area contributed by atoms with Gasteiger partial charge in [0.15, 0.2) is 0 Å². The lowest BCUT2D eigenvalue weighted by Gasteiger charge is -2.21. The van der Waals surface area contributed by atoms with Crippen LogP contribution in [0.3, 0.4) is 0 Å². The summed E-state index contributed by atoms with van der Waals surface area (Å²) < 4.78 is 5.70. The number of anilines is 1. The molecular formula is C15H15N3O2S. The lowest BCUT2D eigenvalue weighted by Crippen LogP contribution is -2.22. The molecular weight excluding hydrogens is 286 g/mol. The Kier molecular flexibility index (Phi) is 3.87. The molecule has 3 rings (SSSR count). The summed E-state index contributed by atoms with van der Waals surface area (Å²) in [6.07, 6.45) is 0. The van der Waals surface area contributed by atoms with E-state index in [1.54, 1.807) is 23.5 Å². The zero-order chi connectivity index (χ0) is 14.7. The Morgan fingerprint density at radius 1 is 1.24 bits per heavy atom. The molecule has 0 bridgehead atoms. The van der Waals surface area contributed by atoms with Crippen LogP contribution in [-0.2, 0) is 6.54 Å². The number of benzene rings is 1. The first-order valence-electron chi connectivity index (χ1n) is 6.66. The van der Waals surface area contributed by atoms with E-state index < -0.39 is 0 Å². The highest BCUT2D eigenvalue weighted by Crippen LogP contribution is 2.25. The van der Waals surface area contributed by atoms with Crippen molar-refractivity contribution in [3.8, 4) is 16.5 Å². The van der Waals surface area contributed by atoms with Crippen LogP contribution in [0.5, 0.6) is 5.75 Å². The summed E-state index contributed by atoms with van der Waals surface area (Å²) in [5, 5.41) is 19.7. The second kappa shape index (κ2) is 5.97. The summed E-state index contributed by atoms with van der Waals surface area (Å²) in [7, 11) is 0. The van der Waals surface area contributed by atoms with Gasteiger partial charge in [-0.05, 0) is 30.5 Å². The maximum Gasteiger partial charge on any atom is 0.257 e. The Hall–Kier alpha value is -2.34. The molecule has 0 unspecified atom stereocenters. The van der Waals surface area contributed by atoms with E-state index in [0.29, 0.717) is 18.3 Å². The number of aromatic nitrogens is 2. The third kappa shape index (κ3) is 3.05. The van der Waals surface area contributed by atoms with Gasteiger partial charge in [0.1, 0.15) is 5.75 Å². The molecule has 0 aliphatic heterocycles. The minimum atomic E-state index is 0.246. The van der Waals surface area contributed by atoms with Crippen LogP contribution >= 0.6 is 11.3 Å². The Balaban J connectivity index is 1.78. The van der Waals surface area contributed by atoms with Gasteiger partial charge in [-0.1, -0.05) is 12.1 Å². The highest BCUT2D eigenvalue weighted by atomic mass is 32.1. The molecule has 0 spiro atoms. The van der Waals surface area contributed by atoms with Crippen molar-refractivity contribution in [2.75, 3.05) is 11.4 Å². The summed E-state index contributed by atoms with van der Waals surface area (Å²) in [6, 6.07) is 11.0. The maximum atomic E-state index is 9.58. The molecule has 0 saturated heterocycles. The summed E-state index contributed by atoms with van der Waals surface area (Å²) in [5.41, 5.74) is 0.924. The molecule has 1 aromatic carbocycles. The first-order chi connectivity index (χ1) is 10.3. The maximum absolute atomic E-state index is 9.58. The molecule has 0 aliphatic rings. The van der Waals surface area contributed by atoms with E-state index in [1.165, 1.54) is 0 Å². The largest absolute Gasteiger partial charge is 0.508 e. The van der Waals surface area contributed by atoms with Crippen molar-refractivity contribution < 1.29 is 9.52 Å². The van der Waals surface area contributed by atoms with Gasteiger partial charge in [0, 0.05) is 18.3 Å². The molecule has 0 atom stereocenters. The van der Waals surface area contributed by atoms with Gasteiger partial charge in [0.2, 0.25) is 5.89 Å². The zero-order valence-corrected chi connectivity index (χ0v) is 12.4. The van der Waals surface area contributed by atoms with Crippen molar-refractivity contribution in [2.45, 2.75) is 13.5 Å². The van der Waals surface area contributed by atoms with Crippen LogP contribution in [0.2, 0.25) is 0 Å². The van der Waals surface area contributed by atoms with E-state index in [9.17, 15) is 5.11 Å². The Labute approximate surface area is 126 Å². The number of aromatic hydroxyl groups is 1. The second-order valence-corrected chi connectivity index (χ2v) is 5.46. The standard InChI is InChI=1S/C15H15N3O2S/c1-2-18(11-5-3-6-12(19)9-11)10-14-16-17-15(20-14)13-7-4-8-21-13/h3-9,19H,2,10H2,1H3. The number of phenolic OH excluding ortho intramolecular Hbond substituents is 1. The van der Waals surface area contributed by atoms with Crippen LogP contribution in [0.1, 0.15) is 12.8 Å². The van der Waals surface area contributed by atoms with Crippen molar-refractivity contribution in [3.63, 3.8) is 0 Å². The van der Waals surface area contributed by atoms with Gasteiger partial charge in [-0.3, -0.25) is 0 Å². The Morgan fingerprint density at radius 3 is 2.86 bits per heavy atom. The predicted octanol–water partition coefficient (Wildman–Crippen LogP) is 3.53. The third-order valence-corrected chi connectivity index (χ3v) is 3.96. The zero-order valence-electron chi connectivity index (χ0n) is 11.6. The van der Waals surface area contributed by atoms with Crippen molar-refractivity contribution in [1.82, 2.24) is 10.2 Å². The minimum Gasteiger partial charge on any atom is -0.508 e. The molecule has 3 aromatic rings. The van der Waals surface area contributed by atoms with E-state index in [4.69, 9.17) is 4.42 Å². The topological polar surface area (TPSA) is 62.4 Å². The predicted molar refractivity (Wildman–Crippen MR) is 82.4 cm³/mol. The quantitative estimate of drug-likeness (QED) is 0.781. The van der Waals surface area contributed by atoms with Crippen molar-refractivity contribution in [1.29, 1.82) is 0 Å². The fourth-order valence-electron chi connectivity index (χ4n) is 2.06. The summed E-state index contributed by atoms with van der Waals surface area (Å²) in [4.78, 5) is 3.03. The van der Waals surface area contributed by atoms with Crippen LogP contribution < -0.4 is 4.90 Å². The highest BCUT2D eigenvalue weighted by Gasteiger charge is 2.13. The number of hydrogen-bond donors (Lipinski definition) is 1. The van der Waals surface area contributed by atoms with Crippen LogP contribution in [0, 0.1) is 0 Å². The van der Waals surface area contributed by atoms with Gasteiger partial charge in [-0.25, -0.2) is 0 Å². The Bertz CT molecular complexity index is 709. The number of thiophene rings is 1. The molecule has 2 aromatic heterocycles. The summed E-state index contributed by atoms with van der Waals surface area (Å²) in [5.74, 6) is 1.35. The molecule has 5 nitrogen and oxygen atoms in total. The highest BCUT2D eigenvalue weighted by molar-refractivity contribution is 7.13. The van der Waals surface area contributed by atoms with Gasteiger partial charge in [0.25, 0.3) is 5.89 Å². The molecule has 0 fully saturated rings. The molecule has 0 saturated carbocycles. The normalized spacial score (nSPS) is 10.7. The number of rotatable bonds is 5. The van der Waals surface area contributed by atoms with E-state index in [2.05, 4.69) is 15.1 Å². The monoisotopic (exact) mass is 301 g/mol. The van der Waals surface area contributed by atoms with Crippen molar-refractivity contribution >= 4 is 17.0 Å². The van der Waals surface area contributed by atoms with Gasteiger partial charge in [-0.2, -0.15) is 0 Å². The number of phenols is 1. The van der Waals surface area contributed by atoms with Gasteiger partial charge < -0.3 is 14.4 Å². The van der Waals surface area contributed by atoms with Crippen LogP contribution in [0.4, 0.5) is 5.69 Å². The number of hydrogen-bond acceptors (Lipinski definition) is 6. The molecule has 21 heavy (non-hydrogen) atoms. The molecule has 0 aliphatic carbocycles. The van der Waals surface area contributed by atoms with Crippen LogP contribution in [-0.4, -0.2) is 21.8 Å². The number of nitrogens with zero attached hydrogens (tertiary/aromatic N) is 3. The molecule has 2 heterocycles. The van der Waals surface area contributed by atoms with Gasteiger partial charge in [0.05, 0.1) is 11.4 Å². The van der Waals surface area contributed by atoms with Gasteiger partial charge >= 0.3 is 0 Å². The lowest BCUT2D eigenvalue weighted by atomic mass is 10.2. The molecule has 6 heteroatoms. The van der Waals surface area contributed by atoms with Crippen molar-refractivity contribution in [3.05, 3.63) is 47.7 Å². The lowest BCUT2D eigenvalue weighted by molar-refractivity contribution is 0.474. The fraction of sp³-hybridized carbons (Fsp3) is 0.200. The van der Waals surface area contributed by atoms with E-state index in [-0.39, 0.29) is 5.75 Å². The first-order valence-corrected chi connectivity index (χ1v) is 7.54. The molecule has 1 N–H and O–H groups in total.